The van der Waals surface area contributed by atoms with E-state index in [2.05, 4.69) is 15.3 Å². The normalized spacial score (nSPS) is 10.6. The number of para-hydroxylation sites is 2. The lowest BCUT2D eigenvalue weighted by Crippen LogP contribution is -2.33. The number of nitrogens with one attached hydrogen (secondary N) is 2. The summed E-state index contributed by atoms with van der Waals surface area (Å²) >= 11 is 0. The third-order valence-electron chi connectivity index (χ3n) is 4.47. The van der Waals surface area contributed by atoms with Gasteiger partial charge in [-0.15, -0.1) is 0 Å². The predicted molar refractivity (Wildman–Crippen MR) is 109 cm³/mol. The van der Waals surface area contributed by atoms with Crippen LogP contribution >= 0.6 is 0 Å². The van der Waals surface area contributed by atoms with Gasteiger partial charge in [-0.05, 0) is 30.7 Å². The number of carbonyl (C=O) groups is 2. The van der Waals surface area contributed by atoms with Gasteiger partial charge in [-0.25, -0.2) is 4.98 Å². The van der Waals surface area contributed by atoms with Gasteiger partial charge in [0.2, 0.25) is 0 Å². The topological polar surface area (TPSA) is 104 Å². The van der Waals surface area contributed by atoms with E-state index in [1.54, 1.807) is 60.5 Å². The molecule has 8 nitrogen and oxygen atoms in total. The van der Waals surface area contributed by atoms with Crippen LogP contribution in [0.1, 0.15) is 27.4 Å². The second-order valence-electron chi connectivity index (χ2n) is 6.47. The van der Waals surface area contributed by atoms with Gasteiger partial charge in [0.25, 0.3) is 17.4 Å². The van der Waals surface area contributed by atoms with Crippen molar-refractivity contribution in [3.63, 3.8) is 0 Å². The van der Waals surface area contributed by atoms with Crippen LogP contribution in [0, 0.1) is 0 Å². The number of H-pyrrole nitrogens is 1. The van der Waals surface area contributed by atoms with Crippen molar-refractivity contribution in [3.05, 3.63) is 70.3 Å². The van der Waals surface area contributed by atoms with Crippen LogP contribution in [0.3, 0.4) is 0 Å². The number of methoxy groups -OCH3 is 1. The number of hydrogen-bond acceptors (Lipinski definition) is 5. The van der Waals surface area contributed by atoms with Gasteiger partial charge >= 0.3 is 0 Å². The molecule has 29 heavy (non-hydrogen) atoms. The Bertz CT molecular complexity index is 1090. The molecule has 2 N–H and O–H groups in total. The molecule has 3 aromatic rings. The van der Waals surface area contributed by atoms with E-state index in [1.165, 1.54) is 7.11 Å². The summed E-state index contributed by atoms with van der Waals surface area (Å²) in [6, 6.07) is 13.8. The molecular formula is C21H22N4O4. The average Bonchev–Trinajstić information content (AvgIpc) is 2.75. The second kappa shape index (κ2) is 9.01. The molecule has 0 saturated heterocycles. The number of rotatable bonds is 7. The lowest BCUT2D eigenvalue weighted by atomic mass is 10.1. The molecule has 0 aliphatic rings. The fraction of sp³-hybridized carbons (Fsp3) is 0.238. The highest BCUT2D eigenvalue weighted by Gasteiger charge is 2.16. The number of ether oxygens (including phenoxy) is 1. The highest BCUT2D eigenvalue weighted by molar-refractivity contribution is 5.96. The molecule has 0 fully saturated rings. The molecule has 0 aliphatic heterocycles. The lowest BCUT2D eigenvalue weighted by Gasteiger charge is -2.18. The van der Waals surface area contributed by atoms with Crippen molar-refractivity contribution in [1.82, 2.24) is 20.2 Å². The van der Waals surface area contributed by atoms with Crippen LogP contribution in [-0.2, 0) is 0 Å². The smallest absolute Gasteiger partial charge is 0.287 e. The Hall–Kier alpha value is -3.68. The Balaban J connectivity index is 1.54. The number of amides is 2. The minimum atomic E-state index is -0.466. The number of hydrogen-bond donors (Lipinski definition) is 2. The Morgan fingerprint density at radius 3 is 2.66 bits per heavy atom. The van der Waals surface area contributed by atoms with Crippen molar-refractivity contribution in [2.24, 2.45) is 0 Å². The van der Waals surface area contributed by atoms with Gasteiger partial charge < -0.3 is 19.9 Å². The fourth-order valence-corrected chi connectivity index (χ4v) is 2.92. The number of aromatic amines is 1. The Morgan fingerprint density at radius 1 is 1.14 bits per heavy atom. The first-order chi connectivity index (χ1) is 14.0. The quantitative estimate of drug-likeness (QED) is 0.595. The molecule has 0 bridgehead atoms. The third-order valence-corrected chi connectivity index (χ3v) is 4.47. The largest absolute Gasteiger partial charge is 0.496 e. The van der Waals surface area contributed by atoms with Crippen LogP contribution in [0.2, 0.25) is 0 Å². The molecule has 0 unspecified atom stereocenters. The summed E-state index contributed by atoms with van der Waals surface area (Å²) in [7, 11) is 3.21. The van der Waals surface area contributed by atoms with Gasteiger partial charge in [0.05, 0.1) is 23.6 Å². The highest BCUT2D eigenvalue weighted by Crippen LogP contribution is 2.18. The highest BCUT2D eigenvalue weighted by atomic mass is 16.5. The van der Waals surface area contributed by atoms with Crippen LogP contribution in [0.5, 0.6) is 5.75 Å². The molecule has 1 aromatic heterocycles. The zero-order chi connectivity index (χ0) is 20.8. The van der Waals surface area contributed by atoms with E-state index in [4.69, 9.17) is 4.74 Å². The zero-order valence-corrected chi connectivity index (χ0v) is 16.3. The van der Waals surface area contributed by atoms with Gasteiger partial charge in [0.15, 0.2) is 5.82 Å². The van der Waals surface area contributed by atoms with Crippen molar-refractivity contribution in [1.29, 1.82) is 0 Å². The summed E-state index contributed by atoms with van der Waals surface area (Å²) in [5.41, 5.74) is 0.589. The van der Waals surface area contributed by atoms with Crippen molar-refractivity contribution in [3.8, 4) is 5.75 Å². The van der Waals surface area contributed by atoms with Crippen LogP contribution in [0.4, 0.5) is 0 Å². The first-order valence-corrected chi connectivity index (χ1v) is 9.17. The number of fused-ring (bicyclic) bond motifs is 1. The first-order valence-electron chi connectivity index (χ1n) is 9.17. The molecule has 0 atom stereocenters. The van der Waals surface area contributed by atoms with E-state index in [-0.39, 0.29) is 17.3 Å². The SMILES string of the molecule is COc1ccccc1C(=O)N(C)CCCNC(=O)c1nc2ccccc2c(=O)[nH]1. The van der Waals surface area contributed by atoms with E-state index < -0.39 is 5.91 Å². The summed E-state index contributed by atoms with van der Waals surface area (Å²) < 4.78 is 5.22. The molecule has 2 amide bonds. The maximum Gasteiger partial charge on any atom is 0.287 e. The van der Waals surface area contributed by atoms with Crippen LogP contribution in [0.25, 0.3) is 10.9 Å². The zero-order valence-electron chi connectivity index (χ0n) is 16.3. The number of carbonyl (C=O) groups excluding carboxylic acids is 2. The molecule has 8 heteroatoms. The first kappa shape index (κ1) is 20.1. The molecule has 0 spiro atoms. The van der Waals surface area contributed by atoms with Crippen molar-refractivity contribution >= 4 is 22.7 Å². The van der Waals surface area contributed by atoms with Gasteiger partial charge in [0.1, 0.15) is 5.75 Å². The Kier molecular flexibility index (Phi) is 6.23. The van der Waals surface area contributed by atoms with Gasteiger partial charge in [-0.2, -0.15) is 0 Å². The minimum Gasteiger partial charge on any atom is -0.496 e. The van der Waals surface area contributed by atoms with E-state index in [1.807, 2.05) is 0 Å². The number of nitrogens with zero attached hydrogens (tertiary/aromatic N) is 2. The third kappa shape index (κ3) is 4.60. The van der Waals surface area contributed by atoms with E-state index in [0.717, 1.165) is 0 Å². The predicted octanol–water partition coefficient (Wildman–Crippen LogP) is 1.82. The molecule has 0 aliphatic carbocycles. The molecule has 3 rings (SSSR count). The maximum atomic E-state index is 12.5. The summed E-state index contributed by atoms with van der Waals surface area (Å²) in [6.45, 7) is 0.776. The average molecular weight is 394 g/mol. The fourth-order valence-electron chi connectivity index (χ4n) is 2.92. The minimum absolute atomic E-state index is 0.0350. The second-order valence-corrected chi connectivity index (χ2v) is 6.47. The monoisotopic (exact) mass is 394 g/mol. The van der Waals surface area contributed by atoms with E-state index in [0.29, 0.717) is 41.7 Å². The number of aromatic nitrogens is 2. The number of benzene rings is 2. The lowest BCUT2D eigenvalue weighted by molar-refractivity contribution is 0.0790. The Morgan fingerprint density at radius 2 is 1.86 bits per heavy atom. The molecule has 150 valence electrons. The molecule has 2 aromatic carbocycles. The van der Waals surface area contributed by atoms with Gasteiger partial charge in [-0.1, -0.05) is 24.3 Å². The Labute approximate surface area is 167 Å². The van der Waals surface area contributed by atoms with Crippen molar-refractivity contribution in [2.45, 2.75) is 6.42 Å². The van der Waals surface area contributed by atoms with Crippen molar-refractivity contribution in [2.75, 3.05) is 27.2 Å². The van der Waals surface area contributed by atoms with Gasteiger partial charge in [0, 0.05) is 20.1 Å². The summed E-state index contributed by atoms with van der Waals surface area (Å²) in [5.74, 6) is -0.142. The van der Waals surface area contributed by atoms with Crippen LogP contribution in [-0.4, -0.2) is 53.9 Å². The standard InChI is InChI=1S/C21H22N4O4/c1-25(21(28)15-9-4-6-11-17(15)29-2)13-7-12-22-20(27)18-23-16-10-5-3-8-14(16)19(26)24-18/h3-6,8-11H,7,12-13H2,1-2H3,(H,22,27)(H,23,24,26). The van der Waals surface area contributed by atoms with Crippen molar-refractivity contribution < 1.29 is 14.3 Å². The summed E-state index contributed by atoms with van der Waals surface area (Å²) in [4.78, 5) is 45.1. The van der Waals surface area contributed by atoms with E-state index in [9.17, 15) is 14.4 Å². The summed E-state index contributed by atoms with van der Waals surface area (Å²) in [6.07, 6.45) is 0.543. The molecule has 1 heterocycles. The molecule has 0 saturated carbocycles. The van der Waals surface area contributed by atoms with Crippen LogP contribution in [0.15, 0.2) is 53.3 Å². The van der Waals surface area contributed by atoms with Crippen LogP contribution < -0.4 is 15.6 Å². The summed E-state index contributed by atoms with van der Waals surface area (Å²) in [5, 5.41) is 3.14. The maximum absolute atomic E-state index is 12.5. The molecule has 0 radical (unpaired) electrons. The van der Waals surface area contributed by atoms with E-state index >= 15 is 0 Å². The van der Waals surface area contributed by atoms with Gasteiger partial charge in [-0.3, -0.25) is 14.4 Å². The molecular weight excluding hydrogens is 372 g/mol.